The number of nitrogens with zero attached hydrogens (tertiary/aromatic N) is 3. The SMILES string of the molecule is c1ccc(-n2nc3c(n2)CCCC3)cc1. The Bertz CT molecular complexity index is 435. The minimum atomic E-state index is 1.05. The minimum Gasteiger partial charge on any atom is -0.153 e. The fraction of sp³-hybridized carbons (Fsp3) is 0.333. The van der Waals surface area contributed by atoms with Gasteiger partial charge in [-0.2, -0.15) is 15.0 Å². The van der Waals surface area contributed by atoms with Gasteiger partial charge in [0.15, 0.2) is 0 Å². The summed E-state index contributed by atoms with van der Waals surface area (Å²) in [5.74, 6) is 0. The Balaban J connectivity index is 2.03. The zero-order valence-corrected chi connectivity index (χ0v) is 8.56. The number of benzene rings is 1. The molecule has 0 amide bonds. The van der Waals surface area contributed by atoms with E-state index in [-0.39, 0.29) is 0 Å². The van der Waals surface area contributed by atoms with Crippen molar-refractivity contribution in [1.29, 1.82) is 0 Å². The molecule has 0 fully saturated rings. The van der Waals surface area contributed by atoms with Gasteiger partial charge >= 0.3 is 0 Å². The Morgan fingerprint density at radius 1 is 0.867 bits per heavy atom. The summed E-state index contributed by atoms with van der Waals surface area (Å²) in [5.41, 5.74) is 3.42. The highest BCUT2D eigenvalue weighted by Crippen LogP contribution is 2.18. The van der Waals surface area contributed by atoms with Gasteiger partial charge in [-0.1, -0.05) is 18.2 Å². The number of para-hydroxylation sites is 1. The van der Waals surface area contributed by atoms with E-state index in [0.29, 0.717) is 0 Å². The molecule has 3 nitrogen and oxygen atoms in total. The summed E-state index contributed by atoms with van der Waals surface area (Å²) >= 11 is 0. The van der Waals surface area contributed by atoms with Crippen LogP contribution in [0, 0.1) is 0 Å². The molecule has 2 aromatic rings. The summed E-state index contributed by atoms with van der Waals surface area (Å²) in [6.07, 6.45) is 4.67. The number of fused-ring (bicyclic) bond motifs is 1. The highest BCUT2D eigenvalue weighted by molar-refractivity contribution is 5.29. The molecule has 0 unspecified atom stereocenters. The average Bonchev–Trinajstić information content (AvgIpc) is 2.74. The average molecular weight is 199 g/mol. The van der Waals surface area contributed by atoms with Crippen LogP contribution in [0.1, 0.15) is 24.2 Å². The summed E-state index contributed by atoms with van der Waals surface area (Å²) < 4.78 is 0. The number of aryl methyl sites for hydroxylation is 2. The molecule has 0 saturated heterocycles. The molecule has 1 aromatic heterocycles. The van der Waals surface area contributed by atoms with E-state index in [1.807, 2.05) is 30.3 Å². The molecule has 1 aliphatic rings. The molecule has 0 atom stereocenters. The number of aromatic nitrogens is 3. The van der Waals surface area contributed by atoms with E-state index in [9.17, 15) is 0 Å². The Hall–Kier alpha value is -1.64. The third kappa shape index (κ3) is 1.54. The van der Waals surface area contributed by atoms with Gasteiger partial charge in [0.1, 0.15) is 0 Å². The molecule has 1 heterocycles. The molecule has 0 saturated carbocycles. The van der Waals surface area contributed by atoms with Gasteiger partial charge in [-0.25, -0.2) is 0 Å². The molecule has 0 bridgehead atoms. The van der Waals surface area contributed by atoms with Crippen LogP contribution in [0.3, 0.4) is 0 Å². The Kier molecular flexibility index (Phi) is 2.02. The van der Waals surface area contributed by atoms with Crippen LogP contribution in [-0.2, 0) is 12.8 Å². The van der Waals surface area contributed by atoms with Gasteiger partial charge in [0.2, 0.25) is 0 Å². The standard InChI is InChI=1S/C12H13N3/c1-2-6-10(7-3-1)15-13-11-8-4-5-9-12(11)14-15/h1-3,6-7H,4-5,8-9H2. The first-order valence-corrected chi connectivity index (χ1v) is 5.44. The first-order valence-electron chi connectivity index (χ1n) is 5.44. The third-order valence-corrected chi connectivity index (χ3v) is 2.83. The normalized spacial score (nSPS) is 14.9. The van der Waals surface area contributed by atoms with E-state index < -0.39 is 0 Å². The van der Waals surface area contributed by atoms with E-state index in [1.54, 1.807) is 4.80 Å². The molecule has 3 rings (SSSR count). The minimum absolute atomic E-state index is 1.05. The van der Waals surface area contributed by atoms with Gasteiger partial charge in [0.05, 0.1) is 17.1 Å². The molecule has 0 N–H and O–H groups in total. The summed E-state index contributed by atoms with van der Waals surface area (Å²) in [6.45, 7) is 0. The topological polar surface area (TPSA) is 30.7 Å². The lowest BCUT2D eigenvalue weighted by Crippen LogP contribution is -2.00. The Morgan fingerprint density at radius 3 is 2.07 bits per heavy atom. The maximum Gasteiger partial charge on any atom is 0.0863 e. The summed E-state index contributed by atoms with van der Waals surface area (Å²) in [4.78, 5) is 1.76. The fourth-order valence-corrected chi connectivity index (χ4v) is 2.02. The van der Waals surface area contributed by atoms with E-state index in [4.69, 9.17) is 0 Å². The predicted octanol–water partition coefficient (Wildman–Crippen LogP) is 2.15. The van der Waals surface area contributed by atoms with Crippen molar-refractivity contribution in [3.05, 3.63) is 41.7 Å². The van der Waals surface area contributed by atoms with E-state index in [0.717, 1.165) is 18.5 Å². The summed E-state index contributed by atoms with van der Waals surface area (Å²) in [6, 6.07) is 10.1. The van der Waals surface area contributed by atoms with Crippen molar-refractivity contribution in [2.45, 2.75) is 25.7 Å². The van der Waals surface area contributed by atoms with E-state index >= 15 is 0 Å². The highest BCUT2D eigenvalue weighted by atomic mass is 15.5. The first-order chi connectivity index (χ1) is 7.43. The number of hydrogen-bond acceptors (Lipinski definition) is 2. The zero-order chi connectivity index (χ0) is 10.1. The summed E-state index contributed by atoms with van der Waals surface area (Å²) in [7, 11) is 0. The van der Waals surface area contributed by atoms with Crippen molar-refractivity contribution in [2.75, 3.05) is 0 Å². The second kappa shape index (κ2) is 3.50. The van der Waals surface area contributed by atoms with Crippen molar-refractivity contribution in [3.8, 4) is 5.69 Å². The molecule has 76 valence electrons. The van der Waals surface area contributed by atoms with Crippen LogP contribution in [0.15, 0.2) is 30.3 Å². The smallest absolute Gasteiger partial charge is 0.0863 e. The van der Waals surface area contributed by atoms with Crippen LogP contribution in [0.4, 0.5) is 0 Å². The third-order valence-electron chi connectivity index (χ3n) is 2.83. The largest absolute Gasteiger partial charge is 0.153 e. The van der Waals surface area contributed by atoms with Gasteiger partial charge < -0.3 is 0 Å². The van der Waals surface area contributed by atoms with Gasteiger partial charge in [0, 0.05) is 0 Å². The Morgan fingerprint density at radius 2 is 1.47 bits per heavy atom. The fourth-order valence-electron chi connectivity index (χ4n) is 2.02. The zero-order valence-electron chi connectivity index (χ0n) is 8.56. The van der Waals surface area contributed by atoms with Crippen LogP contribution < -0.4 is 0 Å². The second-order valence-electron chi connectivity index (χ2n) is 3.93. The molecule has 1 aliphatic carbocycles. The highest BCUT2D eigenvalue weighted by Gasteiger charge is 2.15. The monoisotopic (exact) mass is 199 g/mol. The van der Waals surface area contributed by atoms with Crippen LogP contribution in [-0.4, -0.2) is 15.0 Å². The van der Waals surface area contributed by atoms with Gasteiger partial charge in [-0.3, -0.25) is 0 Å². The van der Waals surface area contributed by atoms with Crippen LogP contribution in [0.2, 0.25) is 0 Å². The molecule has 1 aromatic carbocycles. The Labute approximate surface area is 88.7 Å². The van der Waals surface area contributed by atoms with Gasteiger partial charge in [-0.15, -0.1) is 0 Å². The molecular formula is C12H13N3. The molecular weight excluding hydrogens is 186 g/mol. The molecule has 3 heteroatoms. The maximum absolute atomic E-state index is 4.53. The maximum atomic E-state index is 4.53. The van der Waals surface area contributed by atoms with E-state index in [2.05, 4.69) is 10.2 Å². The van der Waals surface area contributed by atoms with Crippen LogP contribution in [0.25, 0.3) is 5.69 Å². The van der Waals surface area contributed by atoms with E-state index in [1.165, 1.54) is 24.2 Å². The lowest BCUT2D eigenvalue weighted by atomic mass is 10.0. The van der Waals surface area contributed by atoms with Gasteiger partial charge in [-0.05, 0) is 37.8 Å². The van der Waals surface area contributed by atoms with Crippen molar-refractivity contribution < 1.29 is 0 Å². The van der Waals surface area contributed by atoms with Gasteiger partial charge in [0.25, 0.3) is 0 Å². The van der Waals surface area contributed by atoms with Crippen molar-refractivity contribution in [3.63, 3.8) is 0 Å². The van der Waals surface area contributed by atoms with Crippen molar-refractivity contribution in [2.24, 2.45) is 0 Å². The quantitative estimate of drug-likeness (QED) is 0.704. The molecule has 0 radical (unpaired) electrons. The molecule has 0 aliphatic heterocycles. The lowest BCUT2D eigenvalue weighted by Gasteiger charge is -2.04. The number of rotatable bonds is 1. The summed E-state index contributed by atoms with van der Waals surface area (Å²) in [5, 5.41) is 9.05. The van der Waals surface area contributed by atoms with Crippen molar-refractivity contribution in [1.82, 2.24) is 15.0 Å². The van der Waals surface area contributed by atoms with Crippen LogP contribution >= 0.6 is 0 Å². The predicted molar refractivity (Wildman–Crippen MR) is 58.0 cm³/mol. The first kappa shape index (κ1) is 8.65. The van der Waals surface area contributed by atoms with Crippen molar-refractivity contribution >= 4 is 0 Å². The van der Waals surface area contributed by atoms with Crippen LogP contribution in [0.5, 0.6) is 0 Å². The lowest BCUT2D eigenvalue weighted by molar-refractivity contribution is 0.667. The number of hydrogen-bond donors (Lipinski definition) is 0. The molecule has 0 spiro atoms. The second-order valence-corrected chi connectivity index (χ2v) is 3.93. The molecule has 15 heavy (non-hydrogen) atoms.